The first-order chi connectivity index (χ1) is 9.47. The van der Waals surface area contributed by atoms with E-state index in [9.17, 15) is 9.90 Å². The van der Waals surface area contributed by atoms with Crippen LogP contribution in [0.25, 0.3) is 0 Å². The molecule has 1 saturated heterocycles. The van der Waals surface area contributed by atoms with Gasteiger partial charge in [-0.1, -0.05) is 0 Å². The first-order valence-electron chi connectivity index (χ1n) is 6.62. The van der Waals surface area contributed by atoms with Crippen molar-refractivity contribution in [3.63, 3.8) is 0 Å². The number of carbonyl (C=O) groups excluding carboxylic acids is 1. The lowest BCUT2D eigenvalue weighted by molar-refractivity contribution is -0.128. The maximum Gasteiger partial charge on any atom is 0.219 e. The van der Waals surface area contributed by atoms with Crippen LogP contribution in [0.5, 0.6) is 5.75 Å². The summed E-state index contributed by atoms with van der Waals surface area (Å²) < 4.78 is 1.39. The van der Waals surface area contributed by atoms with Crippen LogP contribution in [0.4, 0.5) is 0 Å². The summed E-state index contributed by atoms with van der Waals surface area (Å²) in [7, 11) is 0. The number of phenols is 1. The monoisotopic (exact) mass is 404 g/mol. The van der Waals surface area contributed by atoms with Gasteiger partial charge in [0.2, 0.25) is 5.91 Å². The van der Waals surface area contributed by atoms with Crippen molar-refractivity contribution in [2.24, 2.45) is 0 Å². The fraction of sp³-hybridized carbons (Fsp3) is 0.500. The second-order valence-corrected chi connectivity index (χ2v) is 6.75. The number of aromatic hydroxyl groups is 1. The average Bonchev–Trinajstić information content (AvgIpc) is 2.61. The van der Waals surface area contributed by atoms with Crippen LogP contribution in [0.1, 0.15) is 18.9 Å². The van der Waals surface area contributed by atoms with Crippen molar-refractivity contribution < 1.29 is 9.90 Å². The lowest BCUT2D eigenvalue weighted by Gasteiger charge is -2.21. The Kier molecular flexibility index (Phi) is 5.46. The second kappa shape index (κ2) is 6.91. The van der Waals surface area contributed by atoms with Crippen molar-refractivity contribution in [2.45, 2.75) is 19.9 Å². The van der Waals surface area contributed by atoms with Crippen LogP contribution in [0, 0.1) is 0 Å². The molecule has 0 radical (unpaired) electrons. The molecule has 1 N–H and O–H groups in total. The number of phenolic OH excluding ortho intramolecular Hbond substituents is 1. The quantitative estimate of drug-likeness (QED) is 0.822. The zero-order valence-electron chi connectivity index (χ0n) is 11.4. The Morgan fingerprint density at radius 3 is 2.45 bits per heavy atom. The number of rotatable bonds is 2. The molecule has 0 unspecified atom stereocenters. The van der Waals surface area contributed by atoms with Crippen molar-refractivity contribution in [1.29, 1.82) is 0 Å². The van der Waals surface area contributed by atoms with Crippen LogP contribution in [0.2, 0.25) is 0 Å². The van der Waals surface area contributed by atoms with Gasteiger partial charge in [-0.15, -0.1) is 0 Å². The van der Waals surface area contributed by atoms with Crippen LogP contribution in [-0.2, 0) is 11.3 Å². The lowest BCUT2D eigenvalue weighted by atomic mass is 10.2. The summed E-state index contributed by atoms with van der Waals surface area (Å²) in [5, 5.41) is 9.73. The molecule has 0 spiro atoms. The highest BCUT2D eigenvalue weighted by Crippen LogP contribution is 2.33. The standard InChI is InChI=1S/C14H18Br2N2O2/c1-10(19)18-4-2-3-17(5-6-18)9-11-7-12(15)14(20)13(16)8-11/h7-8,20H,2-6,9H2,1H3. The van der Waals surface area contributed by atoms with Crippen LogP contribution < -0.4 is 0 Å². The van der Waals surface area contributed by atoms with E-state index in [4.69, 9.17) is 0 Å². The molecular formula is C14H18Br2N2O2. The first kappa shape index (κ1) is 15.8. The topological polar surface area (TPSA) is 43.8 Å². The van der Waals surface area contributed by atoms with E-state index in [0.29, 0.717) is 8.95 Å². The Morgan fingerprint density at radius 1 is 1.20 bits per heavy atom. The highest BCUT2D eigenvalue weighted by atomic mass is 79.9. The van der Waals surface area contributed by atoms with Crippen LogP contribution >= 0.6 is 31.9 Å². The zero-order valence-corrected chi connectivity index (χ0v) is 14.6. The van der Waals surface area contributed by atoms with E-state index in [0.717, 1.165) is 44.7 Å². The smallest absolute Gasteiger partial charge is 0.219 e. The molecule has 1 aliphatic heterocycles. The van der Waals surface area contributed by atoms with Gasteiger partial charge < -0.3 is 10.0 Å². The molecule has 0 bridgehead atoms. The van der Waals surface area contributed by atoms with Crippen molar-refractivity contribution >= 4 is 37.8 Å². The second-order valence-electron chi connectivity index (χ2n) is 5.04. The van der Waals surface area contributed by atoms with Crippen LogP contribution in [-0.4, -0.2) is 47.0 Å². The Labute approximate surface area is 136 Å². The number of benzene rings is 1. The van der Waals surface area contributed by atoms with Gasteiger partial charge in [0, 0.05) is 39.6 Å². The minimum absolute atomic E-state index is 0.155. The molecule has 1 fully saturated rings. The molecule has 110 valence electrons. The molecule has 2 rings (SSSR count). The summed E-state index contributed by atoms with van der Waals surface area (Å²) in [5.41, 5.74) is 1.14. The Bertz CT molecular complexity index is 485. The van der Waals surface area contributed by atoms with E-state index in [2.05, 4.69) is 36.8 Å². The molecule has 1 aliphatic rings. The SMILES string of the molecule is CC(=O)N1CCCN(Cc2cc(Br)c(O)c(Br)c2)CC1. The molecule has 1 heterocycles. The molecule has 4 nitrogen and oxygen atoms in total. The lowest BCUT2D eigenvalue weighted by Crippen LogP contribution is -2.33. The van der Waals surface area contributed by atoms with Crippen molar-refractivity contribution in [3.8, 4) is 5.75 Å². The molecule has 0 atom stereocenters. The van der Waals surface area contributed by atoms with Gasteiger partial charge in [0.15, 0.2) is 0 Å². The van der Waals surface area contributed by atoms with Crippen molar-refractivity contribution in [1.82, 2.24) is 9.80 Å². The maximum absolute atomic E-state index is 11.4. The summed E-state index contributed by atoms with van der Waals surface area (Å²) in [5.74, 6) is 0.384. The molecule has 1 amide bonds. The Balaban J connectivity index is 2.02. The maximum atomic E-state index is 11.4. The average molecular weight is 406 g/mol. The van der Waals surface area contributed by atoms with Gasteiger partial charge >= 0.3 is 0 Å². The number of carbonyl (C=O) groups is 1. The number of hydrogen-bond acceptors (Lipinski definition) is 3. The zero-order chi connectivity index (χ0) is 14.7. The van der Waals surface area contributed by atoms with Crippen LogP contribution in [0.3, 0.4) is 0 Å². The number of amides is 1. The molecule has 6 heteroatoms. The number of hydrogen-bond donors (Lipinski definition) is 1. The minimum Gasteiger partial charge on any atom is -0.506 e. The molecular weight excluding hydrogens is 388 g/mol. The van der Waals surface area contributed by atoms with E-state index in [1.165, 1.54) is 0 Å². The van der Waals surface area contributed by atoms with Gasteiger partial charge in [0.1, 0.15) is 5.75 Å². The number of nitrogens with zero attached hydrogens (tertiary/aromatic N) is 2. The third kappa shape index (κ3) is 3.96. The Hall–Kier alpha value is -0.590. The number of halogens is 2. The van der Waals surface area contributed by atoms with Gasteiger partial charge in [-0.3, -0.25) is 9.69 Å². The van der Waals surface area contributed by atoms with Crippen LogP contribution in [0.15, 0.2) is 21.1 Å². The first-order valence-corrected chi connectivity index (χ1v) is 8.20. The predicted molar refractivity (Wildman–Crippen MR) is 85.7 cm³/mol. The Morgan fingerprint density at radius 2 is 1.85 bits per heavy atom. The summed E-state index contributed by atoms with van der Waals surface area (Å²) in [6.07, 6.45) is 1.00. The molecule has 20 heavy (non-hydrogen) atoms. The van der Waals surface area contributed by atoms with E-state index in [-0.39, 0.29) is 11.7 Å². The van der Waals surface area contributed by atoms with Crippen molar-refractivity contribution in [2.75, 3.05) is 26.2 Å². The largest absolute Gasteiger partial charge is 0.506 e. The summed E-state index contributed by atoms with van der Waals surface area (Å²) in [4.78, 5) is 15.7. The fourth-order valence-corrected chi connectivity index (χ4v) is 3.69. The summed E-state index contributed by atoms with van der Waals surface area (Å²) >= 11 is 6.71. The van der Waals surface area contributed by atoms with Gasteiger partial charge in [-0.05, 0) is 56.0 Å². The third-order valence-corrected chi connectivity index (χ3v) is 4.73. The summed E-state index contributed by atoms with van der Waals surface area (Å²) in [6, 6.07) is 3.88. The molecule has 1 aromatic carbocycles. The molecule has 0 aliphatic carbocycles. The van der Waals surface area contributed by atoms with Gasteiger partial charge in [-0.2, -0.15) is 0 Å². The third-order valence-electron chi connectivity index (χ3n) is 3.52. The van der Waals surface area contributed by atoms with E-state index >= 15 is 0 Å². The highest BCUT2D eigenvalue weighted by Gasteiger charge is 2.17. The van der Waals surface area contributed by atoms with E-state index in [1.54, 1.807) is 6.92 Å². The van der Waals surface area contributed by atoms with Gasteiger partial charge in [0.05, 0.1) is 8.95 Å². The predicted octanol–water partition coefficient (Wildman–Crippen LogP) is 2.97. The van der Waals surface area contributed by atoms with Gasteiger partial charge in [0.25, 0.3) is 0 Å². The van der Waals surface area contributed by atoms with Gasteiger partial charge in [-0.25, -0.2) is 0 Å². The fourth-order valence-electron chi connectivity index (χ4n) is 2.41. The molecule has 1 aromatic rings. The van der Waals surface area contributed by atoms with E-state index < -0.39 is 0 Å². The summed E-state index contributed by atoms with van der Waals surface area (Å²) in [6.45, 7) is 5.95. The molecule has 0 aromatic heterocycles. The minimum atomic E-state index is 0.155. The molecule has 0 saturated carbocycles. The van der Waals surface area contributed by atoms with E-state index in [1.807, 2.05) is 17.0 Å². The normalized spacial score (nSPS) is 17.1. The van der Waals surface area contributed by atoms with Crippen molar-refractivity contribution in [3.05, 3.63) is 26.6 Å². The highest BCUT2D eigenvalue weighted by molar-refractivity contribution is 9.11.